The molecule has 126 valence electrons. The van der Waals surface area contributed by atoms with Crippen molar-refractivity contribution in [1.82, 2.24) is 0 Å². The summed E-state index contributed by atoms with van der Waals surface area (Å²) in [6, 6.07) is 13.4. The Kier molecular flexibility index (Phi) is 5.32. The summed E-state index contributed by atoms with van der Waals surface area (Å²) in [6.45, 7) is 0.446. The molecule has 0 bridgehead atoms. The van der Waals surface area contributed by atoms with Crippen molar-refractivity contribution in [2.45, 2.75) is 12.8 Å². The van der Waals surface area contributed by atoms with Crippen LogP contribution >= 0.6 is 23.2 Å². The molecule has 0 aliphatic carbocycles. The third-order valence-corrected chi connectivity index (χ3v) is 5.12. The van der Waals surface area contributed by atoms with E-state index in [1.54, 1.807) is 13.2 Å². The molecular formula is C19H18Cl2O3. The van der Waals surface area contributed by atoms with Crippen molar-refractivity contribution >= 4 is 29.2 Å². The molecule has 0 amide bonds. The largest absolute Gasteiger partial charge is 0.497 e. The van der Waals surface area contributed by atoms with Crippen LogP contribution in [0, 0.1) is 11.8 Å². The van der Waals surface area contributed by atoms with Crippen LogP contribution in [0.1, 0.15) is 11.1 Å². The van der Waals surface area contributed by atoms with Gasteiger partial charge in [0.25, 0.3) is 0 Å². The predicted molar refractivity (Wildman–Crippen MR) is 94.8 cm³/mol. The first-order valence-corrected chi connectivity index (χ1v) is 8.56. The molecule has 1 aliphatic rings. The van der Waals surface area contributed by atoms with E-state index in [2.05, 4.69) is 0 Å². The summed E-state index contributed by atoms with van der Waals surface area (Å²) >= 11 is 12.0. The van der Waals surface area contributed by atoms with E-state index in [0.717, 1.165) is 23.3 Å². The maximum atomic E-state index is 12.1. The zero-order valence-electron chi connectivity index (χ0n) is 13.3. The van der Waals surface area contributed by atoms with Crippen LogP contribution < -0.4 is 4.74 Å². The highest BCUT2D eigenvalue weighted by Crippen LogP contribution is 2.31. The fourth-order valence-electron chi connectivity index (χ4n) is 3.08. The average Bonchev–Trinajstić information content (AvgIpc) is 2.91. The van der Waals surface area contributed by atoms with E-state index in [1.807, 2.05) is 36.4 Å². The molecule has 3 rings (SSSR count). The molecule has 0 unspecified atom stereocenters. The van der Waals surface area contributed by atoms with Gasteiger partial charge in [0.1, 0.15) is 5.75 Å². The molecule has 2 aromatic carbocycles. The highest BCUT2D eigenvalue weighted by molar-refractivity contribution is 6.42. The van der Waals surface area contributed by atoms with Crippen molar-refractivity contribution in [1.29, 1.82) is 0 Å². The highest BCUT2D eigenvalue weighted by Gasteiger charge is 2.36. The van der Waals surface area contributed by atoms with Crippen LogP contribution in [0.25, 0.3) is 0 Å². The van der Waals surface area contributed by atoms with Crippen LogP contribution in [0.2, 0.25) is 10.0 Å². The molecule has 0 radical (unpaired) electrons. The van der Waals surface area contributed by atoms with Crippen LogP contribution in [0.3, 0.4) is 0 Å². The lowest BCUT2D eigenvalue weighted by Crippen LogP contribution is -2.20. The van der Waals surface area contributed by atoms with E-state index < -0.39 is 0 Å². The summed E-state index contributed by atoms with van der Waals surface area (Å²) < 4.78 is 10.6. The molecule has 1 aliphatic heterocycles. The fraction of sp³-hybridized carbons (Fsp3) is 0.316. The van der Waals surface area contributed by atoms with E-state index >= 15 is 0 Å². The second kappa shape index (κ2) is 7.45. The minimum absolute atomic E-state index is 0.138. The molecule has 0 aromatic heterocycles. The lowest BCUT2D eigenvalue weighted by atomic mass is 9.85. The molecule has 24 heavy (non-hydrogen) atoms. The van der Waals surface area contributed by atoms with Gasteiger partial charge in [-0.2, -0.15) is 0 Å². The third kappa shape index (κ3) is 3.85. The summed E-state index contributed by atoms with van der Waals surface area (Å²) in [5.41, 5.74) is 2.13. The normalized spacial score (nSPS) is 20.0. The molecule has 0 N–H and O–H groups in total. The molecule has 5 heteroatoms. The van der Waals surface area contributed by atoms with Gasteiger partial charge in [0.2, 0.25) is 0 Å². The van der Waals surface area contributed by atoms with E-state index in [-0.39, 0.29) is 17.8 Å². The molecule has 1 saturated heterocycles. The topological polar surface area (TPSA) is 35.5 Å². The van der Waals surface area contributed by atoms with E-state index in [0.29, 0.717) is 23.1 Å². The Morgan fingerprint density at radius 3 is 2.62 bits per heavy atom. The number of benzene rings is 2. The van der Waals surface area contributed by atoms with E-state index in [4.69, 9.17) is 32.7 Å². The number of hydrogen-bond donors (Lipinski definition) is 0. The molecule has 0 saturated carbocycles. The number of esters is 1. The Labute approximate surface area is 151 Å². The second-order valence-electron chi connectivity index (χ2n) is 6.00. The third-order valence-electron chi connectivity index (χ3n) is 4.38. The van der Waals surface area contributed by atoms with Crippen molar-refractivity contribution in [2.75, 3.05) is 13.7 Å². The van der Waals surface area contributed by atoms with Crippen molar-refractivity contribution in [2.24, 2.45) is 11.8 Å². The number of hydrogen-bond acceptors (Lipinski definition) is 3. The maximum absolute atomic E-state index is 12.1. The Morgan fingerprint density at radius 2 is 1.88 bits per heavy atom. The van der Waals surface area contributed by atoms with Crippen molar-refractivity contribution in [3.63, 3.8) is 0 Å². The van der Waals surface area contributed by atoms with E-state index in [9.17, 15) is 4.79 Å². The van der Waals surface area contributed by atoms with Gasteiger partial charge >= 0.3 is 5.97 Å². The standard InChI is InChI=1S/C19H18Cl2O3/c1-23-15-4-2-3-12(8-15)7-14-11-24-19(22)16(14)9-13-5-6-17(20)18(21)10-13/h2-6,8,10,14,16H,7,9,11H2,1H3/t14-,16+/m0/s1. The summed E-state index contributed by atoms with van der Waals surface area (Å²) in [6.07, 6.45) is 1.37. The van der Waals surface area contributed by atoms with Crippen LogP contribution in [0.15, 0.2) is 42.5 Å². The van der Waals surface area contributed by atoms with Gasteiger partial charge < -0.3 is 9.47 Å². The van der Waals surface area contributed by atoms with Gasteiger partial charge in [0.05, 0.1) is 29.7 Å². The summed E-state index contributed by atoms with van der Waals surface area (Å²) in [5, 5.41) is 1.02. The van der Waals surface area contributed by atoms with Gasteiger partial charge in [0, 0.05) is 5.92 Å². The smallest absolute Gasteiger partial charge is 0.309 e. The SMILES string of the molecule is COc1cccc(C[C@H]2COC(=O)[C@@H]2Cc2ccc(Cl)c(Cl)c2)c1. The Balaban J connectivity index is 1.75. The number of carbonyl (C=O) groups is 1. The second-order valence-corrected chi connectivity index (χ2v) is 6.82. The summed E-state index contributed by atoms with van der Waals surface area (Å²) in [5.74, 6) is 0.639. The lowest BCUT2D eigenvalue weighted by Gasteiger charge is -2.16. The molecule has 3 nitrogen and oxygen atoms in total. The number of halogens is 2. The minimum atomic E-state index is -0.173. The predicted octanol–water partition coefficient (Wildman–Crippen LogP) is 4.58. The summed E-state index contributed by atoms with van der Waals surface area (Å²) in [4.78, 5) is 12.1. The van der Waals surface area contributed by atoms with Gasteiger partial charge in [0.15, 0.2) is 0 Å². The summed E-state index contributed by atoms with van der Waals surface area (Å²) in [7, 11) is 1.65. The number of cyclic esters (lactones) is 1. The highest BCUT2D eigenvalue weighted by atomic mass is 35.5. The lowest BCUT2D eigenvalue weighted by molar-refractivity contribution is -0.141. The number of rotatable bonds is 5. The average molecular weight is 365 g/mol. The number of ether oxygens (including phenoxy) is 2. The first kappa shape index (κ1) is 17.1. The number of carbonyl (C=O) groups excluding carboxylic acids is 1. The van der Waals surface area contributed by atoms with Gasteiger partial charge in [-0.05, 0) is 48.2 Å². The maximum Gasteiger partial charge on any atom is 0.309 e. The molecule has 1 fully saturated rings. The van der Waals surface area contributed by atoms with Crippen LogP contribution in [-0.4, -0.2) is 19.7 Å². The van der Waals surface area contributed by atoms with E-state index in [1.165, 1.54) is 0 Å². The Hall–Kier alpha value is -1.71. The fourth-order valence-corrected chi connectivity index (χ4v) is 3.40. The van der Waals surface area contributed by atoms with Crippen molar-refractivity contribution in [3.05, 3.63) is 63.6 Å². The molecular weight excluding hydrogens is 347 g/mol. The van der Waals surface area contributed by atoms with Crippen LogP contribution in [0.4, 0.5) is 0 Å². The Bertz CT molecular complexity index is 745. The van der Waals surface area contributed by atoms with Crippen LogP contribution in [0.5, 0.6) is 5.75 Å². The zero-order valence-corrected chi connectivity index (χ0v) is 14.8. The van der Waals surface area contributed by atoms with Gasteiger partial charge in [-0.15, -0.1) is 0 Å². The van der Waals surface area contributed by atoms with Gasteiger partial charge in [-0.25, -0.2) is 0 Å². The Morgan fingerprint density at radius 1 is 1.08 bits per heavy atom. The quantitative estimate of drug-likeness (QED) is 0.728. The monoisotopic (exact) mass is 364 g/mol. The molecule has 0 spiro atoms. The first-order valence-electron chi connectivity index (χ1n) is 7.80. The molecule has 1 heterocycles. The number of methoxy groups -OCH3 is 1. The van der Waals surface area contributed by atoms with Gasteiger partial charge in [-0.1, -0.05) is 41.4 Å². The zero-order chi connectivity index (χ0) is 17.1. The van der Waals surface area contributed by atoms with Gasteiger partial charge in [-0.3, -0.25) is 4.79 Å². The van der Waals surface area contributed by atoms with Crippen molar-refractivity contribution in [3.8, 4) is 5.75 Å². The molecule has 2 atom stereocenters. The first-order chi connectivity index (χ1) is 11.6. The van der Waals surface area contributed by atoms with Crippen molar-refractivity contribution < 1.29 is 14.3 Å². The van der Waals surface area contributed by atoms with Crippen LogP contribution in [-0.2, 0) is 22.4 Å². The minimum Gasteiger partial charge on any atom is -0.497 e. The molecule has 2 aromatic rings.